The van der Waals surface area contributed by atoms with Crippen LogP contribution in [-0.4, -0.2) is 17.8 Å². The van der Waals surface area contributed by atoms with Crippen molar-refractivity contribution in [3.05, 3.63) is 203 Å². The number of nitrogens with zero attached hydrogens (tertiary/aromatic N) is 3. The molecule has 8 aromatic carbocycles. The second-order valence-electron chi connectivity index (χ2n) is 28.6. The average molecular weight is 1030 g/mol. The lowest BCUT2D eigenvalue weighted by molar-refractivity contribution is 0.195. The van der Waals surface area contributed by atoms with E-state index in [4.69, 9.17) is 0 Å². The van der Waals surface area contributed by atoms with E-state index in [9.17, 15) is 0 Å². The van der Waals surface area contributed by atoms with Crippen LogP contribution in [0.5, 0.6) is 0 Å². The van der Waals surface area contributed by atoms with Crippen molar-refractivity contribution in [2.45, 2.75) is 173 Å². The molecule has 2 fully saturated rings. The van der Waals surface area contributed by atoms with Crippen LogP contribution in [0.2, 0.25) is 0 Å². The van der Waals surface area contributed by atoms with Gasteiger partial charge in [0, 0.05) is 50.5 Å². The van der Waals surface area contributed by atoms with E-state index in [2.05, 4.69) is 268 Å². The lowest BCUT2D eigenvalue weighted by atomic mass is 9.33. The van der Waals surface area contributed by atoms with Gasteiger partial charge in [-0.2, -0.15) is 0 Å². The van der Waals surface area contributed by atoms with Gasteiger partial charge in [-0.15, -0.1) is 0 Å². The van der Waals surface area contributed by atoms with Gasteiger partial charge in [-0.05, 0) is 165 Å². The van der Waals surface area contributed by atoms with Crippen LogP contribution in [0.4, 0.5) is 39.8 Å². The molecule has 2 aliphatic carbocycles. The Morgan fingerprint density at radius 2 is 0.962 bits per heavy atom. The van der Waals surface area contributed by atoms with Crippen LogP contribution in [-0.2, 0) is 27.1 Å². The summed E-state index contributed by atoms with van der Waals surface area (Å²) in [5, 5.41) is 0. The molecule has 0 aromatic heterocycles. The zero-order valence-electron chi connectivity index (χ0n) is 49.2. The first-order chi connectivity index (χ1) is 37.7. The van der Waals surface area contributed by atoms with Gasteiger partial charge in [0.25, 0.3) is 6.71 Å². The standard InChI is InChI=1S/C75H80BN3/c1-69(2,3)53-33-36-62(57(44-53)50-28-18-14-19-29-50)77-64-46-55(71(7,8)9)32-35-60(64)76-61-43-51(49-26-16-13-17-27-49)42-59-68(61)79(73(11)39-23-22-38-72(59,73)10)66-48-56(47-65(77)67(66)76)78-63-37-34-54(70(4,5)6)45-58(63)75(52-30-20-15-21-31-52)41-25-24-40-74(75,78)12/h13-21,26-37,42-48H,22-25,38-41H2,1-12H3. The van der Waals surface area contributed by atoms with Crippen LogP contribution < -0.4 is 31.1 Å². The van der Waals surface area contributed by atoms with Gasteiger partial charge in [0.05, 0.1) is 16.8 Å². The Kier molecular flexibility index (Phi) is 10.9. The molecule has 0 radical (unpaired) electrons. The van der Waals surface area contributed by atoms with Crippen molar-refractivity contribution in [2.75, 3.05) is 14.7 Å². The third-order valence-electron chi connectivity index (χ3n) is 21.1. The molecule has 0 saturated heterocycles. The minimum Gasteiger partial charge on any atom is -0.335 e. The minimum absolute atomic E-state index is 0.00147. The van der Waals surface area contributed by atoms with Crippen molar-refractivity contribution in [1.82, 2.24) is 0 Å². The topological polar surface area (TPSA) is 9.72 Å². The number of anilines is 7. The molecular formula is C75H80BN3. The minimum atomic E-state index is -0.261. The fraction of sp³-hybridized carbons (Fsp3) is 0.360. The van der Waals surface area contributed by atoms with Crippen molar-refractivity contribution < 1.29 is 0 Å². The summed E-state index contributed by atoms with van der Waals surface area (Å²) in [6.07, 6.45) is 9.39. The molecule has 4 unspecified atom stereocenters. The maximum Gasteiger partial charge on any atom is 0.252 e. The van der Waals surface area contributed by atoms with Crippen LogP contribution in [0.1, 0.15) is 168 Å². The van der Waals surface area contributed by atoms with E-state index in [0.29, 0.717) is 0 Å². The first kappa shape index (κ1) is 50.4. The predicted octanol–water partition coefficient (Wildman–Crippen LogP) is 18.0. The fourth-order valence-corrected chi connectivity index (χ4v) is 16.7. The summed E-state index contributed by atoms with van der Waals surface area (Å²) in [5.41, 5.74) is 26.4. The lowest BCUT2D eigenvalue weighted by Gasteiger charge is -2.54. The Morgan fingerprint density at radius 3 is 1.63 bits per heavy atom. The molecule has 79 heavy (non-hydrogen) atoms. The predicted molar refractivity (Wildman–Crippen MR) is 338 cm³/mol. The Morgan fingerprint density at radius 1 is 0.405 bits per heavy atom. The fourth-order valence-electron chi connectivity index (χ4n) is 16.7. The summed E-state index contributed by atoms with van der Waals surface area (Å²) >= 11 is 0. The van der Waals surface area contributed by atoms with E-state index in [1.54, 1.807) is 0 Å². The molecule has 4 aliphatic heterocycles. The molecule has 6 aliphatic rings. The van der Waals surface area contributed by atoms with Crippen LogP contribution in [0, 0.1) is 0 Å². The maximum absolute atomic E-state index is 2.96. The van der Waals surface area contributed by atoms with Gasteiger partial charge >= 0.3 is 0 Å². The molecule has 0 spiro atoms. The quantitative estimate of drug-likeness (QED) is 0.159. The number of hydrogen-bond acceptors (Lipinski definition) is 3. The highest BCUT2D eigenvalue weighted by Gasteiger charge is 2.64. The van der Waals surface area contributed by atoms with Crippen molar-refractivity contribution in [2.24, 2.45) is 0 Å². The van der Waals surface area contributed by atoms with Gasteiger partial charge in [-0.1, -0.05) is 222 Å². The largest absolute Gasteiger partial charge is 0.335 e. The number of rotatable bonds is 5. The SMILES string of the molecule is CC(C)(C)c1ccc(N2c3cc(C(C)(C)C)ccc3B3c4cc(-c5ccccc5)cc5c4N(c4cc(N6c7ccc(C(C)(C)C)cc7C7(c8ccccc8)CCCCC67C)cc2c43)C2(C)CCCCC52C)c(-c2ccccc2)c1. The van der Waals surface area contributed by atoms with Gasteiger partial charge in [-0.3, -0.25) is 0 Å². The highest BCUT2D eigenvalue weighted by molar-refractivity contribution is 7.00. The summed E-state index contributed by atoms with van der Waals surface area (Å²) in [5.74, 6) is 0. The molecule has 2 saturated carbocycles. The highest BCUT2D eigenvalue weighted by atomic mass is 15.3. The Bertz CT molecular complexity index is 3760. The third-order valence-corrected chi connectivity index (χ3v) is 21.1. The molecule has 0 bridgehead atoms. The number of benzene rings is 8. The van der Waals surface area contributed by atoms with Crippen molar-refractivity contribution in [3.63, 3.8) is 0 Å². The monoisotopic (exact) mass is 1030 g/mol. The first-order valence-corrected chi connectivity index (χ1v) is 30.0. The normalized spacial score (nSPS) is 23.6. The molecule has 398 valence electrons. The zero-order valence-corrected chi connectivity index (χ0v) is 49.2. The Labute approximate surface area is 473 Å². The van der Waals surface area contributed by atoms with Gasteiger partial charge in [0.1, 0.15) is 0 Å². The molecule has 0 amide bonds. The van der Waals surface area contributed by atoms with Crippen molar-refractivity contribution in [1.29, 1.82) is 0 Å². The molecule has 4 heterocycles. The van der Waals surface area contributed by atoms with Gasteiger partial charge in [0.15, 0.2) is 0 Å². The molecule has 4 heteroatoms. The number of fused-ring (bicyclic) bond motifs is 10. The zero-order chi connectivity index (χ0) is 54.8. The van der Waals surface area contributed by atoms with Crippen LogP contribution in [0.15, 0.2) is 170 Å². The van der Waals surface area contributed by atoms with E-state index in [1.165, 1.54) is 144 Å². The van der Waals surface area contributed by atoms with Crippen LogP contribution in [0.3, 0.4) is 0 Å². The average Bonchev–Trinajstić information content (AvgIpc) is 2.17. The van der Waals surface area contributed by atoms with Gasteiger partial charge in [-0.25, -0.2) is 0 Å². The summed E-state index contributed by atoms with van der Waals surface area (Å²) in [6, 6.07) is 67.6. The Hall–Kier alpha value is -6.78. The molecule has 0 N–H and O–H groups in total. The maximum atomic E-state index is 2.96. The van der Waals surface area contributed by atoms with Crippen molar-refractivity contribution >= 4 is 62.9 Å². The second kappa shape index (κ2) is 17.1. The van der Waals surface area contributed by atoms with E-state index in [1.807, 2.05) is 0 Å². The molecule has 8 aromatic rings. The van der Waals surface area contributed by atoms with E-state index < -0.39 is 0 Å². The molecule has 3 nitrogen and oxygen atoms in total. The highest BCUT2D eigenvalue weighted by Crippen LogP contribution is 2.67. The smallest absolute Gasteiger partial charge is 0.252 e. The summed E-state index contributed by atoms with van der Waals surface area (Å²) in [6.45, 7) is 29.4. The summed E-state index contributed by atoms with van der Waals surface area (Å²) < 4.78 is 0. The van der Waals surface area contributed by atoms with E-state index in [-0.39, 0.29) is 44.9 Å². The third kappa shape index (κ3) is 7.04. The van der Waals surface area contributed by atoms with Crippen LogP contribution >= 0.6 is 0 Å². The molecule has 4 atom stereocenters. The summed E-state index contributed by atoms with van der Waals surface area (Å²) in [4.78, 5) is 8.63. The first-order valence-electron chi connectivity index (χ1n) is 30.0. The second-order valence-corrected chi connectivity index (χ2v) is 28.6. The lowest BCUT2D eigenvalue weighted by Crippen LogP contribution is -2.64. The van der Waals surface area contributed by atoms with E-state index in [0.717, 1.165) is 19.3 Å². The summed E-state index contributed by atoms with van der Waals surface area (Å²) in [7, 11) is 0. The number of hydrogen-bond donors (Lipinski definition) is 0. The van der Waals surface area contributed by atoms with Crippen LogP contribution in [0.25, 0.3) is 22.3 Å². The van der Waals surface area contributed by atoms with Gasteiger partial charge in [0.2, 0.25) is 0 Å². The molecule has 14 rings (SSSR count). The van der Waals surface area contributed by atoms with Crippen molar-refractivity contribution in [3.8, 4) is 22.3 Å². The Balaban J connectivity index is 1.14. The molecular weight excluding hydrogens is 954 g/mol. The van der Waals surface area contributed by atoms with E-state index >= 15 is 0 Å². The van der Waals surface area contributed by atoms with Gasteiger partial charge < -0.3 is 14.7 Å².